The Labute approximate surface area is 252 Å². The summed E-state index contributed by atoms with van der Waals surface area (Å²) in [6.45, 7) is 0.372. The van der Waals surface area contributed by atoms with Crippen LogP contribution in [-0.4, -0.2) is 41.8 Å². The third kappa shape index (κ3) is 6.94. The van der Waals surface area contributed by atoms with Crippen molar-refractivity contribution in [3.63, 3.8) is 0 Å². The van der Waals surface area contributed by atoms with E-state index in [1.165, 1.54) is 43.8 Å². The van der Waals surface area contributed by atoms with E-state index in [0.717, 1.165) is 21.8 Å². The van der Waals surface area contributed by atoms with Crippen LogP contribution >= 0.6 is 11.3 Å². The summed E-state index contributed by atoms with van der Waals surface area (Å²) in [6.07, 6.45) is 6.20. The fourth-order valence-electron chi connectivity index (χ4n) is 4.34. The van der Waals surface area contributed by atoms with Gasteiger partial charge in [0.15, 0.2) is 28.8 Å². The van der Waals surface area contributed by atoms with Gasteiger partial charge in [0.05, 0.1) is 31.2 Å². The fourth-order valence-corrected chi connectivity index (χ4v) is 5.43. The monoisotopic (exact) mass is 596 g/mol. The molecule has 0 bridgehead atoms. The van der Waals surface area contributed by atoms with Gasteiger partial charge in [-0.25, -0.2) is 5.43 Å². The molecule has 0 unspecified atom stereocenters. The van der Waals surface area contributed by atoms with Crippen molar-refractivity contribution >= 4 is 40.9 Å². The van der Waals surface area contributed by atoms with Gasteiger partial charge in [0.25, 0.3) is 5.91 Å². The van der Waals surface area contributed by atoms with Crippen LogP contribution in [0.1, 0.15) is 32.8 Å². The number of carbonyl (C=O) groups excluding carboxylic acids is 2. The molecule has 5 rings (SSSR count). The number of benzene rings is 3. The summed E-state index contributed by atoms with van der Waals surface area (Å²) in [5, 5.41) is 24.0. The lowest BCUT2D eigenvalue weighted by atomic mass is 10.1. The van der Waals surface area contributed by atoms with E-state index >= 15 is 0 Å². The minimum absolute atomic E-state index is 0.00125. The number of rotatable bonds is 10. The summed E-state index contributed by atoms with van der Waals surface area (Å²) in [5.74, 6) is 0.676. The zero-order valence-electron chi connectivity index (χ0n) is 23.4. The zero-order chi connectivity index (χ0) is 30.3. The van der Waals surface area contributed by atoms with Crippen molar-refractivity contribution in [1.82, 2.24) is 5.43 Å². The Balaban J connectivity index is 1.36. The van der Waals surface area contributed by atoms with E-state index in [2.05, 4.69) is 10.5 Å². The Morgan fingerprint density at radius 2 is 1.58 bits per heavy atom. The molecule has 10 heteroatoms. The van der Waals surface area contributed by atoms with Crippen LogP contribution in [0.25, 0.3) is 22.6 Å². The molecule has 218 valence electrons. The van der Waals surface area contributed by atoms with Gasteiger partial charge in [-0.15, -0.1) is 11.3 Å². The molecule has 4 aromatic rings. The van der Waals surface area contributed by atoms with Crippen molar-refractivity contribution in [3.8, 4) is 39.2 Å². The second kappa shape index (κ2) is 13.1. The Hall–Kier alpha value is -5.35. The first-order chi connectivity index (χ1) is 20.8. The van der Waals surface area contributed by atoms with E-state index in [0.29, 0.717) is 34.1 Å². The first kappa shape index (κ1) is 29.2. The van der Waals surface area contributed by atoms with Crippen molar-refractivity contribution < 1.29 is 34.0 Å². The topological polar surface area (TPSA) is 127 Å². The number of nitrogens with one attached hydrogen (secondary N) is 1. The standard InChI is InChI=1S/C33H28N2O7S/c1-40-29-15-20(9-13-26(29)37)7-11-23(18-24(36)12-8-21-10-14-27(38)30(16-21)41-2)34-35-33(39)31-17-22-19-42-28-6-4-3-5-25(28)32(22)43-31/h3-17,37-38H,18-19H2,1-2H3,(H,35,39)/b11-7+,12-8+,34-23+. The van der Waals surface area contributed by atoms with Gasteiger partial charge >= 0.3 is 0 Å². The summed E-state index contributed by atoms with van der Waals surface area (Å²) >= 11 is 1.35. The van der Waals surface area contributed by atoms with Gasteiger partial charge in [0.1, 0.15) is 12.4 Å². The van der Waals surface area contributed by atoms with Crippen molar-refractivity contribution in [2.24, 2.45) is 5.10 Å². The molecule has 1 aromatic heterocycles. The highest BCUT2D eigenvalue weighted by Crippen LogP contribution is 2.42. The number of para-hydroxylation sites is 1. The summed E-state index contributed by atoms with van der Waals surface area (Å²) < 4.78 is 16.1. The van der Waals surface area contributed by atoms with Crippen LogP contribution in [0.3, 0.4) is 0 Å². The van der Waals surface area contributed by atoms with E-state index in [1.807, 2.05) is 24.3 Å². The predicted molar refractivity (Wildman–Crippen MR) is 166 cm³/mol. The van der Waals surface area contributed by atoms with E-state index in [4.69, 9.17) is 14.2 Å². The van der Waals surface area contributed by atoms with E-state index in [1.54, 1.807) is 48.6 Å². The molecule has 2 heterocycles. The maximum atomic E-state index is 13.1. The van der Waals surface area contributed by atoms with Crippen LogP contribution in [0.5, 0.6) is 28.7 Å². The molecular weight excluding hydrogens is 568 g/mol. The number of ketones is 1. The van der Waals surface area contributed by atoms with Crippen LogP contribution in [-0.2, 0) is 11.4 Å². The number of aromatic hydroxyl groups is 2. The van der Waals surface area contributed by atoms with E-state index in [-0.39, 0.29) is 29.5 Å². The second-order valence-electron chi connectivity index (χ2n) is 9.47. The normalized spacial score (nSPS) is 12.5. The van der Waals surface area contributed by atoms with Gasteiger partial charge < -0.3 is 24.4 Å². The lowest BCUT2D eigenvalue weighted by Crippen LogP contribution is -2.19. The third-order valence-corrected chi connectivity index (χ3v) is 7.75. The molecule has 0 atom stereocenters. The lowest BCUT2D eigenvalue weighted by molar-refractivity contribution is -0.113. The molecule has 0 saturated carbocycles. The van der Waals surface area contributed by atoms with Crippen LogP contribution in [0.2, 0.25) is 0 Å². The number of allylic oxidation sites excluding steroid dienone is 2. The molecule has 3 aromatic carbocycles. The van der Waals surface area contributed by atoms with Gasteiger partial charge in [-0.05, 0) is 65.7 Å². The number of nitrogens with zero attached hydrogens (tertiary/aromatic N) is 1. The maximum absolute atomic E-state index is 13.1. The van der Waals surface area contributed by atoms with Crippen LogP contribution in [0.4, 0.5) is 0 Å². The first-order valence-electron chi connectivity index (χ1n) is 13.2. The van der Waals surface area contributed by atoms with Crippen LogP contribution in [0.15, 0.2) is 84.0 Å². The smallest absolute Gasteiger partial charge is 0.281 e. The number of phenols is 2. The molecule has 3 N–H and O–H groups in total. The first-order valence-corrected chi connectivity index (χ1v) is 14.0. The Kier molecular flexibility index (Phi) is 8.88. The zero-order valence-corrected chi connectivity index (χ0v) is 24.2. The van der Waals surface area contributed by atoms with E-state index < -0.39 is 5.91 Å². The molecule has 9 nitrogen and oxygen atoms in total. The summed E-state index contributed by atoms with van der Waals surface area (Å²) in [4.78, 5) is 27.5. The number of amides is 1. The molecule has 1 aliphatic rings. The largest absolute Gasteiger partial charge is 0.504 e. The highest BCUT2D eigenvalue weighted by Gasteiger charge is 2.22. The average molecular weight is 597 g/mol. The number of fused-ring (bicyclic) bond motifs is 3. The summed E-state index contributed by atoms with van der Waals surface area (Å²) in [6, 6.07) is 19.0. The minimum atomic E-state index is -0.409. The van der Waals surface area contributed by atoms with Crippen molar-refractivity contribution in [3.05, 3.63) is 100 Å². The molecule has 0 radical (unpaired) electrons. The molecule has 0 fully saturated rings. The Morgan fingerprint density at radius 1 is 0.930 bits per heavy atom. The van der Waals surface area contributed by atoms with E-state index in [9.17, 15) is 19.8 Å². The van der Waals surface area contributed by atoms with Crippen LogP contribution in [0, 0.1) is 0 Å². The average Bonchev–Trinajstić information content (AvgIpc) is 3.48. The number of hydrogen-bond donors (Lipinski definition) is 3. The van der Waals surface area contributed by atoms with Gasteiger partial charge in [-0.2, -0.15) is 5.10 Å². The number of hydrogen-bond acceptors (Lipinski definition) is 9. The molecule has 0 spiro atoms. The van der Waals surface area contributed by atoms with Gasteiger partial charge in [0, 0.05) is 16.0 Å². The molecular formula is C33H28N2O7S. The fraction of sp³-hybridized carbons (Fsp3) is 0.121. The minimum Gasteiger partial charge on any atom is -0.504 e. The maximum Gasteiger partial charge on any atom is 0.281 e. The molecule has 1 amide bonds. The molecule has 0 aliphatic carbocycles. The Bertz CT molecular complexity index is 1770. The Morgan fingerprint density at radius 3 is 2.26 bits per heavy atom. The predicted octanol–water partition coefficient (Wildman–Crippen LogP) is 6.21. The lowest BCUT2D eigenvalue weighted by Gasteiger charge is -2.16. The highest BCUT2D eigenvalue weighted by atomic mass is 32.1. The molecule has 1 aliphatic heterocycles. The third-order valence-electron chi connectivity index (χ3n) is 6.54. The van der Waals surface area contributed by atoms with Crippen LogP contribution < -0.4 is 19.6 Å². The van der Waals surface area contributed by atoms with Crippen molar-refractivity contribution in [1.29, 1.82) is 0 Å². The molecule has 43 heavy (non-hydrogen) atoms. The summed E-state index contributed by atoms with van der Waals surface area (Å²) in [7, 11) is 2.89. The summed E-state index contributed by atoms with van der Waals surface area (Å²) in [5.41, 5.74) is 6.09. The SMILES string of the molecule is COc1cc(/C=C/C(=O)CC(/C=C/c2ccc(O)c(OC)c2)=N/NC(=O)c2cc3c(s2)-c2ccccc2OC3)ccc1O. The number of thiophene rings is 1. The number of methoxy groups -OCH3 is 2. The number of phenolic OH excluding ortho intramolecular Hbond substituents is 2. The number of hydrazone groups is 1. The quantitative estimate of drug-likeness (QED) is 0.113. The van der Waals surface area contributed by atoms with Gasteiger partial charge in [0.2, 0.25) is 0 Å². The van der Waals surface area contributed by atoms with Gasteiger partial charge in [-0.1, -0.05) is 36.4 Å². The van der Waals surface area contributed by atoms with Crippen molar-refractivity contribution in [2.75, 3.05) is 14.2 Å². The second-order valence-corrected chi connectivity index (χ2v) is 10.5. The van der Waals surface area contributed by atoms with Crippen molar-refractivity contribution in [2.45, 2.75) is 13.0 Å². The molecule has 0 saturated heterocycles. The number of ether oxygens (including phenoxy) is 3. The van der Waals surface area contributed by atoms with Gasteiger partial charge in [-0.3, -0.25) is 9.59 Å². The highest BCUT2D eigenvalue weighted by molar-refractivity contribution is 7.17. The number of carbonyl (C=O) groups is 2.